The molecule has 40 heavy (non-hydrogen) atoms. The number of thioether (sulfide) groups is 1. The molecule has 4 rings (SSSR count). The minimum absolute atomic E-state index is 0.00809. The summed E-state index contributed by atoms with van der Waals surface area (Å²) in [5, 5.41) is 8.33. The van der Waals surface area contributed by atoms with Gasteiger partial charge >= 0.3 is 0 Å². The first-order valence-electron chi connectivity index (χ1n) is 13.9. The van der Waals surface area contributed by atoms with Crippen LogP contribution in [0.4, 0.5) is 11.4 Å². The lowest BCUT2D eigenvalue weighted by Crippen LogP contribution is -2.52. The van der Waals surface area contributed by atoms with Crippen LogP contribution in [-0.2, 0) is 20.9 Å². The average Bonchev–Trinajstić information content (AvgIpc) is 3.61. The van der Waals surface area contributed by atoms with Crippen molar-refractivity contribution >= 4 is 40.9 Å². The van der Waals surface area contributed by atoms with Crippen molar-refractivity contribution in [2.24, 2.45) is 5.73 Å². The molecule has 2 aromatic carbocycles. The Bertz CT molecular complexity index is 1160. The number of ether oxygens (including phenoxy) is 1. The maximum absolute atomic E-state index is 13.1. The van der Waals surface area contributed by atoms with Crippen molar-refractivity contribution in [2.75, 3.05) is 50.5 Å². The lowest BCUT2D eigenvalue weighted by molar-refractivity contribution is -0.131. The number of carbonyl (C=O) groups is 3. The molecular formula is C29H40N6O4S. The van der Waals surface area contributed by atoms with Crippen LogP contribution in [0, 0.1) is 0 Å². The molecule has 2 aliphatic heterocycles. The second kappa shape index (κ2) is 14.4. The van der Waals surface area contributed by atoms with Gasteiger partial charge < -0.3 is 36.2 Å². The molecule has 2 fully saturated rings. The zero-order valence-corrected chi connectivity index (χ0v) is 24.0. The minimum atomic E-state index is -0.865. The van der Waals surface area contributed by atoms with Gasteiger partial charge in [0.1, 0.15) is 22.4 Å². The zero-order valence-electron chi connectivity index (χ0n) is 23.2. The number of nitrogens with one attached hydrogen (secondary N) is 3. The van der Waals surface area contributed by atoms with Crippen molar-refractivity contribution in [2.45, 2.75) is 49.4 Å². The Labute approximate surface area is 240 Å². The van der Waals surface area contributed by atoms with Crippen LogP contribution in [0.15, 0.2) is 48.5 Å². The summed E-state index contributed by atoms with van der Waals surface area (Å²) in [7, 11) is 1.60. The van der Waals surface area contributed by atoms with E-state index in [4.69, 9.17) is 10.5 Å². The predicted molar refractivity (Wildman–Crippen MR) is 159 cm³/mol. The molecule has 2 aromatic rings. The third-order valence-corrected chi connectivity index (χ3v) is 8.76. The van der Waals surface area contributed by atoms with Gasteiger partial charge in [-0.2, -0.15) is 0 Å². The molecule has 0 aliphatic carbocycles. The Morgan fingerprint density at radius 3 is 2.55 bits per heavy atom. The van der Waals surface area contributed by atoms with Crippen molar-refractivity contribution in [3.05, 3.63) is 54.1 Å². The Morgan fingerprint density at radius 2 is 1.85 bits per heavy atom. The Kier molecular flexibility index (Phi) is 10.7. The molecule has 216 valence electrons. The number of hydrogen-bond acceptors (Lipinski definition) is 8. The highest BCUT2D eigenvalue weighted by Crippen LogP contribution is 2.33. The first-order valence-corrected chi connectivity index (χ1v) is 14.8. The number of anilines is 2. The number of rotatable bonds is 13. The van der Waals surface area contributed by atoms with E-state index in [-0.39, 0.29) is 23.0 Å². The fourth-order valence-corrected chi connectivity index (χ4v) is 6.41. The SMILES string of the molecule is CCN1C(=O)[C@@H](CNc2cccc(NC(=O)CCN3CCCC3)c2)SC1[C@H](N)C(=O)NCc1ccc(OC)cc1. The molecule has 2 heterocycles. The van der Waals surface area contributed by atoms with Crippen LogP contribution in [0.25, 0.3) is 0 Å². The van der Waals surface area contributed by atoms with Gasteiger partial charge in [-0.25, -0.2) is 0 Å². The summed E-state index contributed by atoms with van der Waals surface area (Å²) in [6.07, 6.45) is 2.88. The standard InChI is InChI=1S/C29H40N6O4S/c1-3-35-28(38)24(40-29(35)26(30)27(37)32-18-20-9-11-23(39-2)12-10-20)19-31-21-7-6-8-22(17-21)33-25(36)13-16-34-14-4-5-15-34/h6-12,17,24,26,29,31H,3-5,13-16,18-19,30H2,1-2H3,(H,32,37)(H,33,36)/t24-,26-,29?/m1/s1. The number of nitrogens with zero attached hydrogens (tertiary/aromatic N) is 2. The summed E-state index contributed by atoms with van der Waals surface area (Å²) in [6.45, 7) is 5.99. The fraction of sp³-hybridized carbons (Fsp3) is 0.483. The van der Waals surface area contributed by atoms with E-state index < -0.39 is 11.4 Å². The molecule has 0 saturated carbocycles. The molecule has 5 N–H and O–H groups in total. The summed E-state index contributed by atoms with van der Waals surface area (Å²) in [5.41, 5.74) is 8.79. The third kappa shape index (κ3) is 7.89. The molecule has 2 saturated heterocycles. The van der Waals surface area contributed by atoms with Gasteiger partial charge in [0.15, 0.2) is 0 Å². The lowest BCUT2D eigenvalue weighted by Gasteiger charge is -2.26. The predicted octanol–water partition coefficient (Wildman–Crippen LogP) is 2.47. The van der Waals surface area contributed by atoms with Crippen LogP contribution in [0.1, 0.15) is 31.7 Å². The molecule has 0 aromatic heterocycles. The molecule has 10 nitrogen and oxygen atoms in total. The molecule has 3 atom stereocenters. The Morgan fingerprint density at radius 1 is 1.12 bits per heavy atom. The highest BCUT2D eigenvalue weighted by atomic mass is 32.2. The molecule has 2 aliphatic rings. The minimum Gasteiger partial charge on any atom is -0.497 e. The molecule has 0 radical (unpaired) electrons. The molecule has 3 amide bonds. The number of carbonyl (C=O) groups excluding carboxylic acids is 3. The first-order chi connectivity index (χ1) is 19.4. The molecule has 1 unspecified atom stereocenters. The number of nitrogens with two attached hydrogens (primary N) is 1. The number of benzene rings is 2. The van der Waals surface area contributed by atoms with E-state index in [1.807, 2.05) is 55.5 Å². The second-order valence-electron chi connectivity index (χ2n) is 10.0. The third-order valence-electron chi connectivity index (χ3n) is 7.24. The lowest BCUT2D eigenvalue weighted by atomic mass is 10.2. The van der Waals surface area contributed by atoms with Gasteiger partial charge in [-0.05, 0) is 68.8 Å². The van der Waals surface area contributed by atoms with Crippen molar-refractivity contribution in [1.29, 1.82) is 0 Å². The van der Waals surface area contributed by atoms with Crippen LogP contribution in [0.3, 0.4) is 0 Å². The number of amides is 3. The van der Waals surface area contributed by atoms with Crippen LogP contribution < -0.4 is 26.4 Å². The van der Waals surface area contributed by atoms with Gasteiger partial charge in [0, 0.05) is 44.0 Å². The van der Waals surface area contributed by atoms with Gasteiger partial charge in [-0.3, -0.25) is 14.4 Å². The largest absolute Gasteiger partial charge is 0.497 e. The molecule has 0 bridgehead atoms. The summed E-state index contributed by atoms with van der Waals surface area (Å²) >= 11 is 1.40. The van der Waals surface area contributed by atoms with E-state index in [0.29, 0.717) is 31.7 Å². The first kappa shape index (κ1) is 29.7. The maximum atomic E-state index is 13.1. The van der Waals surface area contributed by atoms with E-state index in [1.54, 1.807) is 12.0 Å². The maximum Gasteiger partial charge on any atom is 0.240 e. The highest BCUT2D eigenvalue weighted by molar-refractivity contribution is 8.01. The summed E-state index contributed by atoms with van der Waals surface area (Å²) in [4.78, 5) is 42.4. The Hall–Kier alpha value is -3.28. The smallest absolute Gasteiger partial charge is 0.240 e. The van der Waals surface area contributed by atoms with Crippen molar-refractivity contribution < 1.29 is 19.1 Å². The van der Waals surface area contributed by atoms with Gasteiger partial charge in [0.05, 0.1) is 7.11 Å². The van der Waals surface area contributed by atoms with Gasteiger partial charge in [-0.1, -0.05) is 18.2 Å². The van der Waals surface area contributed by atoms with E-state index >= 15 is 0 Å². The normalized spacial score (nSPS) is 19.9. The quantitative estimate of drug-likeness (QED) is 0.290. The van der Waals surface area contributed by atoms with Gasteiger partial charge in [0.25, 0.3) is 0 Å². The molecule has 0 spiro atoms. The molecule has 11 heteroatoms. The topological polar surface area (TPSA) is 129 Å². The second-order valence-corrected chi connectivity index (χ2v) is 11.4. The fourth-order valence-electron chi connectivity index (χ4n) is 4.95. The number of hydrogen-bond donors (Lipinski definition) is 4. The summed E-state index contributed by atoms with van der Waals surface area (Å²) < 4.78 is 5.17. The van der Waals surface area contributed by atoms with Crippen LogP contribution in [-0.4, -0.2) is 84.0 Å². The zero-order chi connectivity index (χ0) is 28.5. The van der Waals surface area contributed by atoms with E-state index in [2.05, 4.69) is 20.9 Å². The monoisotopic (exact) mass is 568 g/mol. The van der Waals surface area contributed by atoms with E-state index in [0.717, 1.165) is 36.6 Å². The number of likely N-dealkylation sites (tertiary alicyclic amines) is 1. The van der Waals surface area contributed by atoms with E-state index in [9.17, 15) is 14.4 Å². The van der Waals surface area contributed by atoms with Gasteiger partial charge in [0.2, 0.25) is 17.7 Å². The van der Waals surface area contributed by atoms with Crippen LogP contribution >= 0.6 is 11.8 Å². The van der Waals surface area contributed by atoms with Crippen molar-refractivity contribution in [1.82, 2.24) is 15.1 Å². The van der Waals surface area contributed by atoms with E-state index in [1.165, 1.54) is 24.6 Å². The van der Waals surface area contributed by atoms with Crippen molar-refractivity contribution in [3.63, 3.8) is 0 Å². The summed E-state index contributed by atoms with van der Waals surface area (Å²) in [5.74, 6) is 0.387. The van der Waals surface area contributed by atoms with Crippen molar-refractivity contribution in [3.8, 4) is 5.75 Å². The highest BCUT2D eigenvalue weighted by Gasteiger charge is 2.44. The van der Waals surface area contributed by atoms with Crippen LogP contribution in [0.2, 0.25) is 0 Å². The summed E-state index contributed by atoms with van der Waals surface area (Å²) in [6, 6.07) is 14.1. The number of likely N-dealkylation sites (N-methyl/N-ethyl adjacent to an activating group) is 1. The van der Waals surface area contributed by atoms with Gasteiger partial charge in [-0.15, -0.1) is 11.8 Å². The average molecular weight is 569 g/mol. The Balaban J connectivity index is 1.27. The molecular weight excluding hydrogens is 528 g/mol. The number of methoxy groups -OCH3 is 1. The van der Waals surface area contributed by atoms with Crippen LogP contribution in [0.5, 0.6) is 5.75 Å².